The van der Waals surface area contributed by atoms with E-state index in [4.69, 9.17) is 5.26 Å². The van der Waals surface area contributed by atoms with Gasteiger partial charge in [-0.25, -0.2) is 4.98 Å². The van der Waals surface area contributed by atoms with Crippen molar-refractivity contribution >= 4 is 0 Å². The number of pyridine rings is 1. The lowest BCUT2D eigenvalue weighted by molar-refractivity contribution is -0.143. The maximum atomic E-state index is 12.2. The van der Waals surface area contributed by atoms with Crippen LogP contribution in [0.15, 0.2) is 12.3 Å². The highest BCUT2D eigenvalue weighted by atomic mass is 19.4. The molecule has 1 aromatic heterocycles. The molecule has 86 valence electrons. The molecule has 1 rings (SSSR count). The van der Waals surface area contributed by atoms with Crippen LogP contribution < -0.4 is 0 Å². The molecule has 0 atom stereocenters. The van der Waals surface area contributed by atoms with Gasteiger partial charge in [-0.3, -0.25) is 0 Å². The second kappa shape index (κ2) is 3.66. The predicted molar refractivity (Wildman–Crippen MR) is 39.0 cm³/mol. The Morgan fingerprint density at radius 1 is 1.06 bits per heavy atom. The number of nitrogens with zero attached hydrogens (tertiary/aromatic N) is 2. The van der Waals surface area contributed by atoms with Gasteiger partial charge in [-0.15, -0.1) is 0 Å². The average Bonchev–Trinajstić information content (AvgIpc) is 2.14. The number of nitriles is 1. The maximum Gasteiger partial charge on any atom is 0.419 e. The second-order valence-corrected chi connectivity index (χ2v) is 2.73. The highest BCUT2D eigenvalue weighted by Gasteiger charge is 2.39. The van der Waals surface area contributed by atoms with E-state index in [0.29, 0.717) is 0 Å². The van der Waals surface area contributed by atoms with Crippen LogP contribution in [0.25, 0.3) is 0 Å². The second-order valence-electron chi connectivity index (χ2n) is 2.73. The fourth-order valence-corrected chi connectivity index (χ4v) is 0.925. The molecule has 0 saturated heterocycles. The van der Waals surface area contributed by atoms with Gasteiger partial charge in [0.25, 0.3) is 0 Å². The lowest BCUT2D eigenvalue weighted by Crippen LogP contribution is -2.13. The van der Waals surface area contributed by atoms with Gasteiger partial charge >= 0.3 is 12.4 Å². The number of rotatable bonds is 0. The summed E-state index contributed by atoms with van der Waals surface area (Å²) < 4.78 is 73.0. The van der Waals surface area contributed by atoms with Crippen LogP contribution in [-0.2, 0) is 12.4 Å². The van der Waals surface area contributed by atoms with Crippen molar-refractivity contribution in [1.82, 2.24) is 4.98 Å². The van der Waals surface area contributed by atoms with Crippen molar-refractivity contribution in [3.8, 4) is 6.07 Å². The zero-order chi connectivity index (χ0) is 12.6. The van der Waals surface area contributed by atoms with E-state index in [1.807, 2.05) is 0 Å². The molecule has 0 aliphatic rings. The Hall–Kier alpha value is -1.78. The number of aromatic nitrogens is 1. The van der Waals surface area contributed by atoms with Crippen LogP contribution in [0.5, 0.6) is 0 Å². The van der Waals surface area contributed by atoms with Crippen LogP contribution in [0.4, 0.5) is 26.3 Å². The van der Waals surface area contributed by atoms with E-state index in [9.17, 15) is 26.3 Å². The molecule has 0 aromatic carbocycles. The van der Waals surface area contributed by atoms with Gasteiger partial charge < -0.3 is 0 Å². The van der Waals surface area contributed by atoms with Crippen molar-refractivity contribution in [3.63, 3.8) is 0 Å². The first kappa shape index (κ1) is 12.3. The summed E-state index contributed by atoms with van der Waals surface area (Å²) in [5, 5.41) is 8.28. The van der Waals surface area contributed by atoms with Gasteiger partial charge in [-0.1, -0.05) is 0 Å². The number of hydrogen-bond donors (Lipinski definition) is 0. The molecule has 1 aromatic rings. The summed E-state index contributed by atoms with van der Waals surface area (Å²) in [5.74, 6) is 0. The molecule has 8 heteroatoms. The molecule has 0 aliphatic heterocycles. The van der Waals surface area contributed by atoms with Crippen molar-refractivity contribution in [1.29, 1.82) is 5.26 Å². The topological polar surface area (TPSA) is 36.7 Å². The van der Waals surface area contributed by atoms with Crippen molar-refractivity contribution in [2.75, 3.05) is 0 Å². The first-order chi connectivity index (χ1) is 7.16. The minimum atomic E-state index is -5.04. The minimum absolute atomic E-state index is 0.133. The van der Waals surface area contributed by atoms with Crippen LogP contribution in [0.2, 0.25) is 0 Å². The predicted octanol–water partition coefficient (Wildman–Crippen LogP) is 2.99. The summed E-state index contributed by atoms with van der Waals surface area (Å²) in [5.41, 5.74) is -4.32. The first-order valence-electron chi connectivity index (χ1n) is 3.71. The molecule has 0 N–H and O–H groups in total. The van der Waals surface area contributed by atoms with Crippen LogP contribution in [0.1, 0.15) is 16.8 Å². The highest BCUT2D eigenvalue weighted by molar-refractivity contribution is 5.36. The molecule has 2 nitrogen and oxygen atoms in total. The summed E-state index contributed by atoms with van der Waals surface area (Å²) in [6.07, 6.45) is -9.78. The Labute approximate surface area is 85.1 Å². The maximum absolute atomic E-state index is 12.2. The summed E-state index contributed by atoms with van der Waals surface area (Å²) in [6, 6.07) is 0.949. The molecule has 16 heavy (non-hydrogen) atoms. The van der Waals surface area contributed by atoms with Crippen LogP contribution >= 0.6 is 0 Å². The summed E-state index contributed by atoms with van der Waals surface area (Å²) in [6.45, 7) is 0. The third kappa shape index (κ3) is 2.42. The average molecular weight is 240 g/mol. The Bertz CT molecular complexity index is 439. The quantitative estimate of drug-likeness (QED) is 0.653. The molecule has 0 spiro atoms. The van der Waals surface area contributed by atoms with E-state index in [1.165, 1.54) is 0 Å². The molecular formula is C8H2F6N2. The fourth-order valence-electron chi connectivity index (χ4n) is 0.925. The van der Waals surface area contributed by atoms with E-state index >= 15 is 0 Å². The highest BCUT2D eigenvalue weighted by Crippen LogP contribution is 2.35. The zero-order valence-corrected chi connectivity index (χ0v) is 7.32. The molecule has 0 radical (unpaired) electrons. The third-order valence-electron chi connectivity index (χ3n) is 1.63. The normalized spacial score (nSPS) is 12.3. The van der Waals surface area contributed by atoms with Crippen LogP contribution in [0.3, 0.4) is 0 Å². The molecular weight excluding hydrogens is 238 g/mol. The molecule has 0 bridgehead atoms. The standard InChI is InChI=1S/C8H2F6N2/c9-7(10,11)4-1-5(8(12,13)14)6(2-15)16-3-4/h1,3H. The number of hydrogen-bond acceptors (Lipinski definition) is 2. The van der Waals surface area contributed by atoms with Gasteiger partial charge in [0.2, 0.25) is 0 Å². The van der Waals surface area contributed by atoms with Gasteiger partial charge in [0.15, 0.2) is 5.69 Å². The van der Waals surface area contributed by atoms with Gasteiger partial charge in [0.1, 0.15) is 6.07 Å². The van der Waals surface area contributed by atoms with Crippen LogP contribution in [-0.4, -0.2) is 4.98 Å². The Balaban J connectivity index is 3.41. The van der Waals surface area contributed by atoms with Crippen molar-refractivity contribution in [2.24, 2.45) is 0 Å². The Morgan fingerprint density at radius 2 is 1.62 bits per heavy atom. The van der Waals surface area contributed by atoms with E-state index in [1.54, 1.807) is 0 Å². The molecule has 1 heterocycles. The smallest absolute Gasteiger partial charge is 0.244 e. The largest absolute Gasteiger partial charge is 0.419 e. The van der Waals surface area contributed by atoms with E-state index in [2.05, 4.69) is 4.98 Å². The fraction of sp³-hybridized carbons (Fsp3) is 0.250. The van der Waals surface area contributed by atoms with E-state index < -0.39 is 29.2 Å². The van der Waals surface area contributed by atoms with Gasteiger partial charge in [0, 0.05) is 6.20 Å². The van der Waals surface area contributed by atoms with E-state index in [-0.39, 0.29) is 12.3 Å². The Kier molecular flexibility index (Phi) is 2.81. The minimum Gasteiger partial charge on any atom is -0.244 e. The zero-order valence-electron chi connectivity index (χ0n) is 7.32. The lowest BCUT2D eigenvalue weighted by Gasteiger charge is -2.11. The van der Waals surface area contributed by atoms with E-state index in [0.717, 1.165) is 6.07 Å². The first-order valence-corrected chi connectivity index (χ1v) is 3.71. The molecule has 0 unspecified atom stereocenters. The van der Waals surface area contributed by atoms with Crippen LogP contribution in [0, 0.1) is 11.3 Å². The monoisotopic (exact) mass is 240 g/mol. The summed E-state index contributed by atoms with van der Waals surface area (Å²) >= 11 is 0. The van der Waals surface area contributed by atoms with Crippen molar-refractivity contribution < 1.29 is 26.3 Å². The molecule has 0 fully saturated rings. The third-order valence-corrected chi connectivity index (χ3v) is 1.63. The van der Waals surface area contributed by atoms with Gasteiger partial charge in [-0.05, 0) is 6.07 Å². The number of alkyl halides is 6. The summed E-state index contributed by atoms with van der Waals surface area (Å²) in [4.78, 5) is 2.83. The Morgan fingerprint density at radius 3 is 2.00 bits per heavy atom. The van der Waals surface area contributed by atoms with Crippen molar-refractivity contribution in [3.05, 3.63) is 29.1 Å². The lowest BCUT2D eigenvalue weighted by atomic mass is 10.1. The molecule has 0 saturated carbocycles. The summed E-state index contributed by atoms with van der Waals surface area (Å²) in [7, 11) is 0. The molecule has 0 amide bonds. The number of halogens is 6. The SMILES string of the molecule is N#Cc1ncc(C(F)(F)F)cc1C(F)(F)F. The van der Waals surface area contributed by atoms with Gasteiger partial charge in [-0.2, -0.15) is 31.6 Å². The van der Waals surface area contributed by atoms with Crippen molar-refractivity contribution in [2.45, 2.75) is 12.4 Å². The molecule has 0 aliphatic carbocycles. The van der Waals surface area contributed by atoms with Gasteiger partial charge in [0.05, 0.1) is 11.1 Å².